The van der Waals surface area contributed by atoms with Crippen LogP contribution in [0.5, 0.6) is 0 Å². The van der Waals surface area contributed by atoms with E-state index in [4.69, 9.17) is 14.2 Å². The lowest BCUT2D eigenvalue weighted by Gasteiger charge is -2.10. The second kappa shape index (κ2) is 17.3. The third kappa shape index (κ3) is 12.8. The lowest BCUT2D eigenvalue weighted by atomic mass is 10.1. The molecule has 6 heteroatoms. The summed E-state index contributed by atoms with van der Waals surface area (Å²) in [5.74, 6) is -1.61. The zero-order chi connectivity index (χ0) is 22.7. The van der Waals surface area contributed by atoms with Gasteiger partial charge in [0.25, 0.3) is 0 Å². The largest absolute Gasteiger partial charge is 0.462 e. The summed E-state index contributed by atoms with van der Waals surface area (Å²) in [6.45, 7) is 3.77. The van der Waals surface area contributed by atoms with Gasteiger partial charge in [0.05, 0.1) is 17.7 Å². The van der Waals surface area contributed by atoms with E-state index in [9.17, 15) is 14.4 Å². The molecule has 1 aromatic carbocycles. The number of carbonyl (C=O) groups excluding carboxylic acids is 3. The highest BCUT2D eigenvalue weighted by atomic mass is 16.6. The first-order chi connectivity index (χ1) is 15.1. The van der Waals surface area contributed by atoms with E-state index in [0.717, 1.165) is 19.3 Å². The Morgan fingerprint density at radius 3 is 1.52 bits per heavy atom. The highest BCUT2D eigenvalue weighted by Crippen LogP contribution is 2.14. The van der Waals surface area contributed by atoms with Gasteiger partial charge in [-0.1, -0.05) is 83.3 Å². The molecule has 0 N–H and O–H groups in total. The summed E-state index contributed by atoms with van der Waals surface area (Å²) in [6, 6.07) is 6.40. The molecule has 6 nitrogen and oxygen atoms in total. The van der Waals surface area contributed by atoms with Crippen molar-refractivity contribution < 1.29 is 28.6 Å². The van der Waals surface area contributed by atoms with Gasteiger partial charge in [0.2, 0.25) is 0 Å². The van der Waals surface area contributed by atoms with Crippen LogP contribution in [0.2, 0.25) is 0 Å². The number of benzene rings is 1. The number of carbonyl (C=O) groups is 3. The van der Waals surface area contributed by atoms with Crippen LogP contribution in [0.25, 0.3) is 0 Å². The van der Waals surface area contributed by atoms with Crippen molar-refractivity contribution in [3.05, 3.63) is 35.4 Å². The molecule has 0 aromatic heterocycles. The highest BCUT2D eigenvalue weighted by Gasteiger charge is 2.18. The summed E-state index contributed by atoms with van der Waals surface area (Å²) >= 11 is 0. The number of ether oxygens (including phenoxy) is 3. The van der Waals surface area contributed by atoms with E-state index >= 15 is 0 Å². The first-order valence-corrected chi connectivity index (χ1v) is 11.6. The zero-order valence-electron chi connectivity index (χ0n) is 19.2. The van der Waals surface area contributed by atoms with Crippen LogP contribution in [0, 0.1) is 0 Å². The summed E-state index contributed by atoms with van der Waals surface area (Å²) in [7, 11) is 0. The van der Waals surface area contributed by atoms with Crippen LogP contribution in [0.4, 0.5) is 0 Å². The summed E-state index contributed by atoms with van der Waals surface area (Å²) in [4.78, 5) is 35.3. The molecule has 1 rings (SSSR count). The van der Waals surface area contributed by atoms with Crippen LogP contribution >= 0.6 is 0 Å². The smallest absolute Gasteiger partial charge is 0.339 e. The van der Waals surface area contributed by atoms with Gasteiger partial charge in [0.15, 0.2) is 0 Å². The van der Waals surface area contributed by atoms with Crippen LogP contribution in [0.15, 0.2) is 24.3 Å². The molecule has 31 heavy (non-hydrogen) atoms. The zero-order valence-corrected chi connectivity index (χ0v) is 19.2. The average molecular weight is 435 g/mol. The number of esters is 3. The fourth-order valence-corrected chi connectivity index (χ4v) is 3.25. The maximum atomic E-state index is 12.4. The molecule has 0 aliphatic rings. The van der Waals surface area contributed by atoms with E-state index in [1.807, 2.05) is 0 Å². The molecule has 0 bridgehead atoms. The van der Waals surface area contributed by atoms with E-state index in [0.29, 0.717) is 6.61 Å². The predicted molar refractivity (Wildman–Crippen MR) is 120 cm³/mol. The minimum atomic E-state index is -0.644. The monoisotopic (exact) mass is 434 g/mol. The molecular weight excluding hydrogens is 396 g/mol. The molecule has 0 amide bonds. The lowest BCUT2D eigenvalue weighted by Crippen LogP contribution is -2.17. The van der Waals surface area contributed by atoms with Gasteiger partial charge < -0.3 is 14.2 Å². The van der Waals surface area contributed by atoms with Gasteiger partial charge in [-0.3, -0.25) is 4.79 Å². The molecule has 0 fully saturated rings. The Labute approximate surface area is 186 Å². The van der Waals surface area contributed by atoms with Gasteiger partial charge in [-0.05, 0) is 18.6 Å². The minimum absolute atomic E-state index is 0.0213. The minimum Gasteiger partial charge on any atom is -0.462 e. The van der Waals surface area contributed by atoms with Crippen LogP contribution in [0.3, 0.4) is 0 Å². The Kier molecular flexibility index (Phi) is 14.9. The molecule has 0 aliphatic carbocycles. The third-order valence-corrected chi connectivity index (χ3v) is 4.97. The van der Waals surface area contributed by atoms with E-state index < -0.39 is 17.9 Å². The van der Waals surface area contributed by atoms with E-state index in [2.05, 4.69) is 6.92 Å². The lowest BCUT2D eigenvalue weighted by molar-refractivity contribution is -0.142. The Balaban J connectivity index is 2.21. The van der Waals surface area contributed by atoms with Gasteiger partial charge in [-0.25, -0.2) is 9.59 Å². The van der Waals surface area contributed by atoms with Gasteiger partial charge in [-0.2, -0.15) is 0 Å². The second-order valence-electron chi connectivity index (χ2n) is 7.69. The molecule has 0 aliphatic heterocycles. The topological polar surface area (TPSA) is 78.9 Å². The molecule has 174 valence electrons. The van der Waals surface area contributed by atoms with Crippen LogP contribution in [0.1, 0.15) is 105 Å². The molecule has 0 saturated carbocycles. The van der Waals surface area contributed by atoms with Crippen molar-refractivity contribution in [2.24, 2.45) is 0 Å². The Morgan fingerprint density at radius 2 is 1.03 bits per heavy atom. The van der Waals surface area contributed by atoms with Gasteiger partial charge >= 0.3 is 17.9 Å². The van der Waals surface area contributed by atoms with Gasteiger partial charge in [-0.15, -0.1) is 0 Å². The van der Waals surface area contributed by atoms with Crippen molar-refractivity contribution in [1.82, 2.24) is 0 Å². The first kappa shape index (κ1) is 26.7. The van der Waals surface area contributed by atoms with Gasteiger partial charge in [0.1, 0.15) is 13.2 Å². The summed E-state index contributed by atoms with van der Waals surface area (Å²) < 4.78 is 15.1. The fraction of sp³-hybridized carbons (Fsp3) is 0.640. The van der Waals surface area contributed by atoms with Crippen LogP contribution in [-0.4, -0.2) is 37.7 Å². The first-order valence-electron chi connectivity index (χ1n) is 11.6. The maximum absolute atomic E-state index is 12.4. The SMILES string of the molecule is CCCCCCCCCCCCCOC(=O)c1ccccc1C(=O)OCCOC(C)=O. The summed E-state index contributed by atoms with van der Waals surface area (Å²) in [5.41, 5.74) is 0.331. The van der Waals surface area contributed by atoms with Crippen molar-refractivity contribution in [3.63, 3.8) is 0 Å². The third-order valence-electron chi connectivity index (χ3n) is 4.97. The molecule has 0 heterocycles. The quantitative estimate of drug-likeness (QED) is 0.173. The highest BCUT2D eigenvalue weighted by molar-refractivity contribution is 6.03. The van der Waals surface area contributed by atoms with E-state index in [-0.39, 0.29) is 24.3 Å². The fourth-order valence-electron chi connectivity index (χ4n) is 3.25. The number of hydrogen-bond acceptors (Lipinski definition) is 6. The number of hydrogen-bond donors (Lipinski definition) is 0. The van der Waals surface area contributed by atoms with Crippen molar-refractivity contribution in [1.29, 1.82) is 0 Å². The van der Waals surface area contributed by atoms with Crippen molar-refractivity contribution >= 4 is 17.9 Å². The Bertz CT molecular complexity index is 655. The van der Waals surface area contributed by atoms with Crippen LogP contribution < -0.4 is 0 Å². The second-order valence-corrected chi connectivity index (χ2v) is 7.69. The van der Waals surface area contributed by atoms with Crippen LogP contribution in [-0.2, 0) is 19.0 Å². The average Bonchev–Trinajstić information content (AvgIpc) is 2.77. The molecule has 0 saturated heterocycles. The molecule has 0 spiro atoms. The number of rotatable bonds is 17. The predicted octanol–water partition coefficient (Wildman–Crippen LogP) is 5.87. The normalized spacial score (nSPS) is 10.5. The van der Waals surface area contributed by atoms with Gasteiger partial charge in [0, 0.05) is 6.92 Å². The van der Waals surface area contributed by atoms with Crippen molar-refractivity contribution in [2.45, 2.75) is 84.5 Å². The van der Waals surface area contributed by atoms with Crippen molar-refractivity contribution in [2.75, 3.05) is 19.8 Å². The van der Waals surface area contributed by atoms with Crippen molar-refractivity contribution in [3.8, 4) is 0 Å². The summed E-state index contributed by atoms with van der Waals surface area (Å²) in [6.07, 6.45) is 13.5. The van der Waals surface area contributed by atoms with E-state index in [1.165, 1.54) is 64.4 Å². The Hall–Kier alpha value is -2.37. The number of unbranched alkanes of at least 4 members (excludes halogenated alkanes) is 10. The molecule has 0 atom stereocenters. The molecule has 1 aromatic rings. The molecular formula is C25H38O6. The molecule has 0 unspecified atom stereocenters. The maximum Gasteiger partial charge on any atom is 0.339 e. The molecule has 0 radical (unpaired) electrons. The van der Waals surface area contributed by atoms with E-state index in [1.54, 1.807) is 18.2 Å². The summed E-state index contributed by atoms with van der Waals surface area (Å²) in [5, 5.41) is 0. The Morgan fingerprint density at radius 1 is 0.613 bits per heavy atom. The standard InChI is InChI=1S/C25H38O6/c1-3-4-5-6-7-8-9-10-11-12-15-18-30-24(27)22-16-13-14-17-23(22)25(28)31-20-19-29-21(2)26/h13-14,16-17H,3-12,15,18-20H2,1-2H3.